The standard InChI is InChI=1S/C27H38N9O8P3.C17H24N4O4.C13H18N7O4P3.C13H22N2O3.C11H20N2O2.CH3F.CH3I.2CH4/c1-17(37)30-11-12-31-25(38)18-5-2-3-7-20(9-8-18)43-27(40)32-10-4-6-19-14-36(26(39)34-24(19)28)23-13-21(42-16-33-35-29)22(44-23)15-45-47-46-41;1-13(22)19-8-9-20-16(23)14-4-2-3-5-15(7-6-14)25-17(24)21-11-10-18-12-21;14-3-1-2-8-5-20(13(21)18-12(8)15)11-4-9(23-7-17-19-16)10(24-11)6-25-27-26-22;1-10(16)14-8-9-15-13(18)11-4-2-3-5-12(17)7-6-11;12-7-8-13-11(15)9-3-1-2-4-10(14)6-5-9;2*1-2;;/h3,7,14,18,20-23,45,47H,2,5,8-13,15-16H2,1H3,(H,30,37)(H,31,38)(H,32,40)(H2,28,34,39);3,5,10-12,14-15H,2,4,6-9H2,1H3,(H,19,22)(H,20,23);5,9-11,25,27H,3-4,6-7,14H2,(H2,15,18,21);3,5,11-12,17H,2,4,6-9H2,1H3,(H,14,16)(H,15,18);2,4,9-10,14H,1,3,5-8,12H2,(H,13,15);2*1H3;2*1H4/b7-3+;5-3+;;5-3+;4-2+;;;;/t18-,20?,21?,22+,23+;14-,15?;9?,10-,11-;11-,12?;9-,10?;;;;/m00100..../s1/i;;;;;2*1D;;. The number of anilines is 2. The number of alkyl carbamates (subject to hydrolysis) is 1. The monoisotopic (exact) mass is 2160 g/mol. The van der Waals surface area contributed by atoms with Crippen molar-refractivity contribution >= 4 is 137 Å². The summed E-state index contributed by atoms with van der Waals surface area (Å²) in [6.45, 7) is 7.47. The number of carbonyl (C=O) groups excluding carboxylic acids is 9. The quantitative estimate of drug-likeness (QED) is 0.00305. The Kier molecular flexibility index (Phi) is 68.8. The number of aromatic nitrogens is 6. The van der Waals surface area contributed by atoms with Gasteiger partial charge in [-0.05, 0) is 159 Å². The van der Waals surface area contributed by atoms with Gasteiger partial charge < -0.3 is 104 Å². The predicted octanol–water partition coefficient (Wildman–Crippen LogP) is 8.90. The number of halogens is 2. The summed E-state index contributed by atoms with van der Waals surface area (Å²) < 4.78 is 81.3. The Morgan fingerprint density at radius 3 is 1.33 bits per heavy atom. The zero-order valence-corrected chi connectivity index (χ0v) is 84.1. The molecular weight excluding hydrogens is 2020 g/mol. The second-order valence-corrected chi connectivity index (χ2v) is 41.1. The summed E-state index contributed by atoms with van der Waals surface area (Å²) in [7, 11) is 0.466. The minimum absolute atomic E-state index is 0. The molecule has 0 aromatic carbocycles. The van der Waals surface area contributed by atoms with Gasteiger partial charge in [-0.2, -0.15) is 9.97 Å². The van der Waals surface area contributed by atoms with Gasteiger partial charge in [-0.3, -0.25) is 56.2 Å². The van der Waals surface area contributed by atoms with Crippen LogP contribution in [0.5, 0.6) is 0 Å². The van der Waals surface area contributed by atoms with Gasteiger partial charge in [0.1, 0.15) is 56.1 Å². The van der Waals surface area contributed by atoms with Gasteiger partial charge >= 0.3 is 23.6 Å². The molecule has 5 heterocycles. The number of imidazole rings is 1. The number of aliphatic hydroxyl groups is 2. The Bertz CT molecular complexity index is 4750. The van der Waals surface area contributed by atoms with Crippen LogP contribution in [0, 0.1) is 47.4 Å². The molecule has 0 bridgehead atoms. The van der Waals surface area contributed by atoms with Crippen molar-refractivity contribution in [1.29, 1.82) is 0 Å². The van der Waals surface area contributed by atoms with Gasteiger partial charge in [0.25, 0.3) is 0 Å². The SMILES string of the molecule is C.C.CC(=O)NCCNC(=O)[C@H]1CC/C=C/C(O)CC1.CC(=O)NCCNC(=O)[C@H]1CC/C=C/C(OC(=O)NCC#Cc2cn([C@H]3CC(OCN=[N+]=[N-])[C@@H](CPPP=O)O3)c(=O)nc2N)CC1.CC(=O)NCCNC(=O)[C@H]1CC/C=C/C(OC(=O)n2ccnc2)CC1.NCCNC(=O)[C@H]1CC/C=C/C(O)CC1.[2H]CF.[2H]CI.[N-]=[N+]=NCOC1C[C@H](n2cc(C#CCN)c(N)nc2=O)O[C@@H]1CPPP=O. The van der Waals surface area contributed by atoms with E-state index in [4.69, 9.17) is 65.2 Å². The van der Waals surface area contributed by atoms with E-state index in [0.29, 0.717) is 156 Å². The van der Waals surface area contributed by atoms with E-state index in [9.17, 15) is 76.5 Å². The van der Waals surface area contributed by atoms with Crippen molar-refractivity contribution in [3.63, 3.8) is 0 Å². The van der Waals surface area contributed by atoms with E-state index in [2.05, 4.69) is 101 Å². The van der Waals surface area contributed by atoms with Crippen LogP contribution in [0.3, 0.4) is 0 Å². The average Bonchev–Trinajstić information content (AvgIpc) is 1.68. The lowest BCUT2D eigenvalue weighted by Gasteiger charge is -2.21. The number of nitrogens with zero attached hydrogens (tertiary/aromatic N) is 12. The lowest BCUT2D eigenvalue weighted by molar-refractivity contribution is -0.126. The van der Waals surface area contributed by atoms with Crippen LogP contribution in [0.1, 0.15) is 178 Å². The van der Waals surface area contributed by atoms with Crippen molar-refractivity contribution < 1.29 is 98.0 Å². The number of nitrogen functional groups attached to an aromatic ring is 2. The molecule has 18 atom stereocenters. The number of carbonyl (C=O) groups is 9. The lowest BCUT2D eigenvalue weighted by Crippen LogP contribution is -2.37. The Morgan fingerprint density at radius 2 is 0.964 bits per heavy atom. The maximum absolute atomic E-state index is 12.7. The fourth-order valence-electron chi connectivity index (χ4n) is 13.8. The molecule has 3 aromatic heterocycles. The third kappa shape index (κ3) is 53.3. The molecule has 6 aliphatic rings. The van der Waals surface area contributed by atoms with Gasteiger partial charge in [-0.25, -0.2) is 28.7 Å². The Labute approximate surface area is 830 Å². The summed E-state index contributed by atoms with van der Waals surface area (Å²) >= 11 is 1.96. The molecule has 138 heavy (non-hydrogen) atoms. The van der Waals surface area contributed by atoms with Crippen molar-refractivity contribution in [3.05, 3.63) is 133 Å². The molecule has 0 radical (unpaired) electrons. The lowest BCUT2D eigenvalue weighted by atomic mass is 9.92. The minimum Gasteiger partial charge on any atom is -0.442 e. The van der Waals surface area contributed by atoms with Crippen LogP contribution in [-0.4, -0.2) is 245 Å². The smallest absolute Gasteiger partial charge is 0.419 e. The zero-order chi connectivity index (χ0) is 102. The van der Waals surface area contributed by atoms with E-state index in [1.807, 2.05) is 59.0 Å². The molecule has 2 fully saturated rings. The van der Waals surface area contributed by atoms with Crippen LogP contribution < -0.4 is 76.8 Å². The summed E-state index contributed by atoms with van der Waals surface area (Å²) in [6.07, 6.45) is 29.5. The number of hydrogen-bond acceptors (Lipinski definition) is 30. The fourth-order valence-corrected chi connectivity index (χ4v) is 20.1. The molecule has 18 N–H and O–H groups in total. The Hall–Kier alpha value is -9.44. The number of amides is 8. The summed E-state index contributed by atoms with van der Waals surface area (Å²) in [4.78, 5) is 147. The minimum atomic E-state index is -1.00. The Morgan fingerprint density at radius 1 is 0.587 bits per heavy atom. The molecule has 2 saturated heterocycles. The molecule has 0 saturated carbocycles. The van der Waals surface area contributed by atoms with Gasteiger partial charge in [-0.15, -0.1) is 0 Å². The molecule has 10 unspecified atom stereocenters. The summed E-state index contributed by atoms with van der Waals surface area (Å²) in [6, 6.07) is 0. The predicted molar refractivity (Wildman–Crippen MR) is 542 cm³/mol. The first-order valence-electron chi connectivity index (χ1n) is 45.0. The fraction of sp³-hybridized carbons (Fsp3) is 0.624. The maximum Gasteiger partial charge on any atom is 0.419 e. The number of nitrogens with two attached hydrogens (primary N) is 4. The Balaban J connectivity index is 0.000000908. The normalized spacial score (nSPS) is 23.0. The number of aliphatic hydroxyl groups excluding tert-OH is 2. The number of ether oxygens (including phenoxy) is 6. The molecule has 0 spiro atoms. The number of nitrogens with one attached hydrogen (secondary N) is 8. The molecule has 8 amide bonds. The maximum atomic E-state index is 12.7. The van der Waals surface area contributed by atoms with E-state index < -0.39 is 73.7 Å². The third-order valence-corrected chi connectivity index (χ3v) is 29.3. The topological polar surface area (TPSA) is 669 Å². The van der Waals surface area contributed by atoms with Crippen molar-refractivity contribution in [1.82, 2.24) is 71.2 Å². The van der Waals surface area contributed by atoms with Crippen molar-refractivity contribution in [2.75, 3.05) is 115 Å². The number of hydrogen-bond donors (Lipinski definition) is 14. The van der Waals surface area contributed by atoms with Crippen molar-refractivity contribution in [3.8, 4) is 23.7 Å². The number of allylic oxidation sites excluding steroid dienone is 4. The summed E-state index contributed by atoms with van der Waals surface area (Å²) in [5, 5.41) is 47.5. The molecule has 9 rings (SSSR count). The highest BCUT2D eigenvalue weighted by atomic mass is 127. The van der Waals surface area contributed by atoms with Gasteiger partial charge in [-0.1, -0.05) is 124 Å². The molecule has 4 aliphatic carbocycles. The van der Waals surface area contributed by atoms with E-state index in [0.717, 1.165) is 44.9 Å². The van der Waals surface area contributed by atoms with Crippen LogP contribution in [0.25, 0.3) is 20.9 Å². The van der Waals surface area contributed by atoms with Gasteiger partial charge in [0.05, 0.1) is 69.4 Å². The molecule has 53 heteroatoms. The highest BCUT2D eigenvalue weighted by Gasteiger charge is 2.39. The summed E-state index contributed by atoms with van der Waals surface area (Å²) in [5.41, 5.74) is 38.8. The summed E-state index contributed by atoms with van der Waals surface area (Å²) in [5.74, 6) is 10.2. The first kappa shape index (κ1) is 123. The average molecular weight is 2160 g/mol. The van der Waals surface area contributed by atoms with E-state index in [-0.39, 0.29) is 181 Å². The molecule has 2 aliphatic heterocycles. The molecule has 766 valence electrons. The van der Waals surface area contributed by atoms with Gasteiger partial charge in [0.15, 0.2) is 16.3 Å². The van der Waals surface area contributed by atoms with E-state index >= 15 is 0 Å². The van der Waals surface area contributed by atoms with Gasteiger partial charge in [0, 0.05) is 146 Å². The van der Waals surface area contributed by atoms with Crippen LogP contribution in [0.2, 0.25) is 0 Å². The van der Waals surface area contributed by atoms with Gasteiger partial charge in [0.2, 0.25) is 41.4 Å². The number of rotatable bonds is 34. The van der Waals surface area contributed by atoms with Crippen molar-refractivity contribution in [2.24, 2.45) is 45.4 Å². The third-order valence-electron chi connectivity index (χ3n) is 20.4. The van der Waals surface area contributed by atoms with Crippen LogP contribution in [0.15, 0.2) is 99.5 Å². The number of alkyl halides is 2. The first-order chi connectivity index (χ1) is 66.5. The van der Waals surface area contributed by atoms with Crippen LogP contribution >= 0.6 is 71.3 Å². The van der Waals surface area contributed by atoms with E-state index in [1.54, 1.807) is 12.2 Å². The molecular formula is C85H136FIN24O21P6. The van der Waals surface area contributed by atoms with Crippen molar-refractivity contribution in [2.45, 2.75) is 212 Å². The van der Waals surface area contributed by atoms with Crippen LogP contribution in [-0.2, 0) is 71.1 Å². The second kappa shape index (κ2) is 77.3. The number of azide groups is 2. The zero-order valence-electron chi connectivity index (χ0n) is 78.1. The van der Waals surface area contributed by atoms with Crippen LogP contribution in [0.4, 0.5) is 25.6 Å². The first-order valence-corrected chi connectivity index (χ1v) is 54.8. The largest absolute Gasteiger partial charge is 0.442 e. The second-order valence-electron chi connectivity index (χ2n) is 30.1. The highest BCUT2D eigenvalue weighted by molar-refractivity contribution is 14.1. The van der Waals surface area contributed by atoms with E-state index in [1.165, 1.54) is 65.6 Å². The molecule has 45 nitrogen and oxygen atoms in total. The highest BCUT2D eigenvalue weighted by Crippen LogP contribution is 2.50. The molecule has 3 aromatic rings.